The Morgan fingerprint density at radius 2 is 2.06 bits per heavy atom. The van der Waals surface area contributed by atoms with Gasteiger partial charge in [-0.2, -0.15) is 4.91 Å². The molecule has 0 heterocycles. The van der Waals surface area contributed by atoms with Crippen molar-refractivity contribution in [2.75, 3.05) is 19.0 Å². The zero-order valence-corrected chi connectivity index (χ0v) is 8.60. The molecular weight excluding hydrogens is 212 g/mol. The highest BCUT2D eigenvalue weighted by molar-refractivity contribution is 6.01. The second-order valence-corrected chi connectivity index (χ2v) is 2.87. The zero-order chi connectivity index (χ0) is 12.0. The maximum atomic E-state index is 11.3. The predicted molar refractivity (Wildman–Crippen MR) is 57.1 cm³/mol. The number of methoxy groups -OCH3 is 1. The minimum Gasteiger partial charge on any atom is -0.465 e. The van der Waals surface area contributed by atoms with E-state index in [0.29, 0.717) is 5.69 Å². The Labute approximate surface area is 91.6 Å². The number of hydrogen-bond donors (Lipinski definition) is 1. The van der Waals surface area contributed by atoms with E-state index in [-0.39, 0.29) is 5.56 Å². The van der Waals surface area contributed by atoms with E-state index in [1.165, 1.54) is 19.2 Å². The van der Waals surface area contributed by atoms with Crippen LogP contribution in [0.25, 0.3) is 0 Å². The summed E-state index contributed by atoms with van der Waals surface area (Å²) in [5.74, 6) is -1.14. The second-order valence-electron chi connectivity index (χ2n) is 2.87. The van der Waals surface area contributed by atoms with Crippen LogP contribution in [0.1, 0.15) is 10.4 Å². The fraction of sp³-hybridized carbons (Fsp3) is 0.200. The van der Waals surface area contributed by atoms with Crippen LogP contribution in [0.2, 0.25) is 0 Å². The van der Waals surface area contributed by atoms with Crippen LogP contribution in [0.4, 0.5) is 5.69 Å². The third-order valence-electron chi connectivity index (χ3n) is 1.81. The molecular formula is C10H10N2O4. The van der Waals surface area contributed by atoms with Gasteiger partial charge in [-0.1, -0.05) is 17.3 Å². The number of hydrogen-bond acceptors (Lipinski definition) is 5. The first-order valence-electron chi connectivity index (χ1n) is 4.45. The van der Waals surface area contributed by atoms with Gasteiger partial charge in [-0.3, -0.25) is 4.79 Å². The summed E-state index contributed by atoms with van der Waals surface area (Å²) in [6.45, 7) is -0.491. The number of amides is 1. The number of carbonyl (C=O) groups excluding carboxylic acids is 2. The molecule has 0 aliphatic rings. The van der Waals surface area contributed by atoms with E-state index in [1.807, 2.05) is 0 Å². The van der Waals surface area contributed by atoms with Gasteiger partial charge in [-0.25, -0.2) is 4.79 Å². The summed E-state index contributed by atoms with van der Waals surface area (Å²) in [5.41, 5.74) is 0.521. The van der Waals surface area contributed by atoms with E-state index in [4.69, 9.17) is 0 Å². The molecule has 6 heteroatoms. The lowest BCUT2D eigenvalue weighted by Crippen LogP contribution is -2.17. The van der Waals surface area contributed by atoms with Crippen molar-refractivity contribution in [3.63, 3.8) is 0 Å². The summed E-state index contributed by atoms with van der Waals surface area (Å²) < 4.78 is 4.54. The lowest BCUT2D eigenvalue weighted by molar-refractivity contribution is -0.114. The van der Waals surface area contributed by atoms with Gasteiger partial charge < -0.3 is 10.1 Å². The fourth-order valence-corrected chi connectivity index (χ4v) is 1.13. The number of para-hydroxylation sites is 1. The number of nitroso groups, excluding NO2 is 1. The minimum absolute atomic E-state index is 0.226. The van der Waals surface area contributed by atoms with Gasteiger partial charge >= 0.3 is 5.97 Å². The number of carbonyl (C=O) groups is 2. The quantitative estimate of drug-likeness (QED) is 0.612. The van der Waals surface area contributed by atoms with Crippen LogP contribution in [-0.4, -0.2) is 25.5 Å². The van der Waals surface area contributed by atoms with Crippen LogP contribution >= 0.6 is 0 Å². The predicted octanol–water partition coefficient (Wildman–Crippen LogP) is 1.18. The van der Waals surface area contributed by atoms with Crippen molar-refractivity contribution in [1.29, 1.82) is 0 Å². The molecule has 6 nitrogen and oxygen atoms in total. The highest BCUT2D eigenvalue weighted by Crippen LogP contribution is 2.15. The van der Waals surface area contributed by atoms with E-state index in [0.717, 1.165) is 0 Å². The van der Waals surface area contributed by atoms with Crippen molar-refractivity contribution in [3.05, 3.63) is 34.7 Å². The van der Waals surface area contributed by atoms with Crippen molar-refractivity contribution in [2.45, 2.75) is 0 Å². The molecule has 0 aliphatic carbocycles. The molecule has 1 amide bonds. The Balaban J connectivity index is 2.90. The molecule has 0 saturated heterocycles. The Hall–Kier alpha value is -2.24. The molecule has 1 N–H and O–H groups in total. The average molecular weight is 222 g/mol. The maximum Gasteiger partial charge on any atom is 0.339 e. The van der Waals surface area contributed by atoms with Crippen LogP contribution in [0.5, 0.6) is 0 Å². The van der Waals surface area contributed by atoms with Crippen molar-refractivity contribution >= 4 is 17.6 Å². The first-order valence-corrected chi connectivity index (χ1v) is 4.45. The molecule has 1 rings (SSSR count). The maximum absolute atomic E-state index is 11.3. The zero-order valence-electron chi connectivity index (χ0n) is 8.60. The van der Waals surface area contributed by atoms with E-state index >= 15 is 0 Å². The fourth-order valence-electron chi connectivity index (χ4n) is 1.13. The standard InChI is InChI=1S/C10H10N2O4/c1-16-10(14)7-4-2-3-5-8(7)12-9(13)6-11-15/h2-5H,6H2,1H3,(H,12,13). The number of rotatable bonds is 4. The summed E-state index contributed by atoms with van der Waals surface area (Å²) in [6, 6.07) is 6.33. The molecule has 0 aromatic heterocycles. The van der Waals surface area contributed by atoms with Crippen LogP contribution in [0, 0.1) is 4.91 Å². The number of nitrogens with one attached hydrogen (secondary N) is 1. The van der Waals surface area contributed by atoms with Gasteiger partial charge in [0.25, 0.3) is 0 Å². The van der Waals surface area contributed by atoms with E-state index in [2.05, 4.69) is 15.2 Å². The van der Waals surface area contributed by atoms with Crippen molar-refractivity contribution in [1.82, 2.24) is 0 Å². The molecule has 0 bridgehead atoms. The number of esters is 1. The largest absolute Gasteiger partial charge is 0.465 e. The third kappa shape index (κ3) is 2.88. The lowest BCUT2D eigenvalue weighted by Gasteiger charge is -2.07. The van der Waals surface area contributed by atoms with E-state index in [1.54, 1.807) is 12.1 Å². The molecule has 0 atom stereocenters. The Morgan fingerprint density at radius 3 is 2.69 bits per heavy atom. The average Bonchev–Trinajstić information content (AvgIpc) is 2.29. The summed E-state index contributed by atoms with van der Waals surface area (Å²) in [5, 5.41) is 4.84. The van der Waals surface area contributed by atoms with Crippen LogP contribution in [-0.2, 0) is 9.53 Å². The molecule has 0 unspecified atom stereocenters. The lowest BCUT2D eigenvalue weighted by atomic mass is 10.2. The molecule has 0 spiro atoms. The molecule has 1 aromatic carbocycles. The molecule has 0 radical (unpaired) electrons. The van der Waals surface area contributed by atoms with E-state index in [9.17, 15) is 14.5 Å². The van der Waals surface area contributed by atoms with Gasteiger partial charge in [0, 0.05) is 0 Å². The van der Waals surface area contributed by atoms with Gasteiger partial charge in [0.1, 0.15) is 0 Å². The topological polar surface area (TPSA) is 84.8 Å². The van der Waals surface area contributed by atoms with Gasteiger partial charge in [0.15, 0.2) is 6.54 Å². The normalized spacial score (nSPS) is 9.31. The molecule has 84 valence electrons. The molecule has 0 aliphatic heterocycles. The first kappa shape index (κ1) is 11.8. The number of benzene rings is 1. The SMILES string of the molecule is COC(=O)c1ccccc1NC(=O)CN=O. The third-order valence-corrected chi connectivity index (χ3v) is 1.81. The van der Waals surface area contributed by atoms with Crippen molar-refractivity contribution in [3.8, 4) is 0 Å². The minimum atomic E-state index is -0.577. The summed E-state index contributed by atoms with van der Waals surface area (Å²) in [6.07, 6.45) is 0. The van der Waals surface area contributed by atoms with Crippen molar-refractivity contribution < 1.29 is 14.3 Å². The second kappa shape index (κ2) is 5.59. The van der Waals surface area contributed by atoms with Crippen LogP contribution < -0.4 is 5.32 Å². The Bertz CT molecular complexity index is 417. The molecule has 0 saturated carbocycles. The van der Waals surface area contributed by atoms with Crippen LogP contribution in [0.3, 0.4) is 0 Å². The number of anilines is 1. The molecule has 1 aromatic rings. The number of nitrogens with zero attached hydrogens (tertiary/aromatic N) is 1. The summed E-state index contributed by atoms with van der Waals surface area (Å²) in [4.78, 5) is 32.3. The smallest absolute Gasteiger partial charge is 0.339 e. The number of ether oxygens (including phenoxy) is 1. The highest BCUT2D eigenvalue weighted by atomic mass is 16.5. The summed E-state index contributed by atoms with van der Waals surface area (Å²) in [7, 11) is 1.24. The molecule has 16 heavy (non-hydrogen) atoms. The first-order chi connectivity index (χ1) is 7.69. The van der Waals surface area contributed by atoms with Gasteiger partial charge in [-0.15, -0.1) is 0 Å². The van der Waals surface area contributed by atoms with Crippen LogP contribution in [0.15, 0.2) is 29.4 Å². The van der Waals surface area contributed by atoms with Crippen molar-refractivity contribution in [2.24, 2.45) is 5.18 Å². The van der Waals surface area contributed by atoms with Gasteiger partial charge in [-0.05, 0) is 12.1 Å². The monoisotopic (exact) mass is 222 g/mol. The van der Waals surface area contributed by atoms with E-state index < -0.39 is 18.4 Å². The van der Waals surface area contributed by atoms with Gasteiger partial charge in [0.05, 0.1) is 18.4 Å². The van der Waals surface area contributed by atoms with Gasteiger partial charge in [0.2, 0.25) is 5.91 Å². The Morgan fingerprint density at radius 1 is 1.38 bits per heavy atom. The highest BCUT2D eigenvalue weighted by Gasteiger charge is 2.12. The summed E-state index contributed by atoms with van der Waals surface area (Å²) >= 11 is 0. The molecule has 0 fully saturated rings. The Kier molecular flexibility index (Phi) is 4.14.